The maximum absolute atomic E-state index is 12.9. The van der Waals surface area contributed by atoms with E-state index in [1.807, 2.05) is 0 Å². The Morgan fingerprint density at radius 3 is 2.61 bits per heavy atom. The number of para-hydroxylation sites is 1. The summed E-state index contributed by atoms with van der Waals surface area (Å²) in [4.78, 5) is 28.8. The molecule has 0 aliphatic heterocycles. The van der Waals surface area contributed by atoms with Crippen LogP contribution in [0.1, 0.15) is 16.2 Å². The molecule has 3 rings (SSSR count). The van der Waals surface area contributed by atoms with Crippen LogP contribution in [0.5, 0.6) is 0 Å². The third-order valence-electron chi connectivity index (χ3n) is 3.55. The van der Waals surface area contributed by atoms with Crippen molar-refractivity contribution in [1.82, 2.24) is 14.9 Å². The van der Waals surface area contributed by atoms with Gasteiger partial charge in [-0.1, -0.05) is 24.3 Å². The van der Waals surface area contributed by atoms with Gasteiger partial charge in [-0.15, -0.1) is 0 Å². The molecular weight excluding hydrogens is 297 g/mol. The van der Waals surface area contributed by atoms with Crippen molar-refractivity contribution in [3.8, 4) is 0 Å². The Bertz CT molecular complexity index is 933. The molecule has 5 nitrogen and oxygen atoms in total. The second-order valence-corrected chi connectivity index (χ2v) is 5.13. The number of rotatable bonds is 3. The molecule has 0 spiro atoms. The predicted molar refractivity (Wildman–Crippen MR) is 84.6 cm³/mol. The average Bonchev–Trinajstić information content (AvgIpc) is 2.57. The topological polar surface area (TPSA) is 64.0 Å². The molecule has 0 fully saturated rings. The van der Waals surface area contributed by atoms with Gasteiger partial charge in [0.25, 0.3) is 11.5 Å². The Morgan fingerprint density at radius 2 is 1.87 bits per heavy atom. The van der Waals surface area contributed by atoms with Crippen LogP contribution >= 0.6 is 0 Å². The highest BCUT2D eigenvalue weighted by molar-refractivity contribution is 5.92. The van der Waals surface area contributed by atoms with Gasteiger partial charge in [-0.3, -0.25) is 14.2 Å². The first-order chi connectivity index (χ1) is 11.1. The van der Waals surface area contributed by atoms with Crippen molar-refractivity contribution in [2.75, 3.05) is 0 Å². The monoisotopic (exact) mass is 311 g/mol. The van der Waals surface area contributed by atoms with E-state index in [2.05, 4.69) is 10.3 Å². The summed E-state index contributed by atoms with van der Waals surface area (Å²) in [6.45, 7) is 0.224. The minimum atomic E-state index is -0.459. The predicted octanol–water partition coefficient (Wildman–Crippen LogP) is 2.00. The lowest BCUT2D eigenvalue weighted by atomic mass is 10.2. The molecule has 1 heterocycles. The highest BCUT2D eigenvalue weighted by Crippen LogP contribution is 2.07. The third kappa shape index (κ3) is 2.96. The van der Waals surface area contributed by atoms with Crippen molar-refractivity contribution in [3.63, 3.8) is 0 Å². The van der Waals surface area contributed by atoms with Gasteiger partial charge in [0.1, 0.15) is 5.82 Å². The molecule has 0 atom stereocenters. The summed E-state index contributed by atoms with van der Waals surface area (Å²) in [7, 11) is 1.51. The zero-order chi connectivity index (χ0) is 16.4. The Labute approximate surface area is 131 Å². The molecule has 1 aromatic heterocycles. The van der Waals surface area contributed by atoms with Crippen LogP contribution in [0.3, 0.4) is 0 Å². The summed E-state index contributed by atoms with van der Waals surface area (Å²) in [5, 5.41) is 3.15. The van der Waals surface area contributed by atoms with E-state index in [9.17, 15) is 14.0 Å². The number of carbonyl (C=O) groups excluding carboxylic acids is 1. The summed E-state index contributed by atoms with van der Waals surface area (Å²) in [6, 6.07) is 12.7. The van der Waals surface area contributed by atoms with Crippen molar-refractivity contribution >= 4 is 16.8 Å². The van der Waals surface area contributed by atoms with E-state index >= 15 is 0 Å². The van der Waals surface area contributed by atoms with E-state index in [1.165, 1.54) is 23.7 Å². The second kappa shape index (κ2) is 6.00. The Hall–Kier alpha value is -3.02. The molecule has 0 aliphatic rings. The van der Waals surface area contributed by atoms with Gasteiger partial charge in [0.05, 0.1) is 10.9 Å². The summed E-state index contributed by atoms with van der Waals surface area (Å²) in [5.41, 5.74) is 0.954. The van der Waals surface area contributed by atoms with Gasteiger partial charge in [0.15, 0.2) is 0 Å². The van der Waals surface area contributed by atoms with E-state index in [0.717, 1.165) is 5.56 Å². The maximum Gasteiger partial charge on any atom is 0.287 e. The summed E-state index contributed by atoms with van der Waals surface area (Å²) in [6.07, 6.45) is 0. The second-order valence-electron chi connectivity index (χ2n) is 5.13. The van der Waals surface area contributed by atoms with E-state index < -0.39 is 5.91 Å². The fourth-order valence-electron chi connectivity index (χ4n) is 2.28. The number of aromatic nitrogens is 2. The van der Waals surface area contributed by atoms with Crippen molar-refractivity contribution in [3.05, 3.63) is 76.1 Å². The van der Waals surface area contributed by atoms with Gasteiger partial charge in [-0.05, 0) is 29.8 Å². The number of halogens is 1. The Kier molecular flexibility index (Phi) is 3.89. The highest BCUT2D eigenvalue weighted by atomic mass is 19.1. The van der Waals surface area contributed by atoms with Gasteiger partial charge < -0.3 is 5.32 Å². The number of hydrogen-bond donors (Lipinski definition) is 1. The van der Waals surface area contributed by atoms with Gasteiger partial charge in [-0.25, -0.2) is 9.37 Å². The lowest BCUT2D eigenvalue weighted by Gasteiger charge is -2.09. The molecule has 116 valence electrons. The van der Waals surface area contributed by atoms with Crippen LogP contribution in [0.2, 0.25) is 0 Å². The van der Waals surface area contributed by atoms with Crippen LogP contribution in [0.25, 0.3) is 10.9 Å². The van der Waals surface area contributed by atoms with Crippen LogP contribution < -0.4 is 10.9 Å². The molecule has 3 aromatic rings. The summed E-state index contributed by atoms with van der Waals surface area (Å²) >= 11 is 0. The van der Waals surface area contributed by atoms with Crippen molar-refractivity contribution in [2.45, 2.75) is 6.54 Å². The number of fused-ring (bicyclic) bond motifs is 1. The number of hydrogen-bond acceptors (Lipinski definition) is 3. The Morgan fingerprint density at radius 1 is 1.17 bits per heavy atom. The molecule has 0 unspecified atom stereocenters. The fraction of sp³-hybridized carbons (Fsp3) is 0.118. The quantitative estimate of drug-likeness (QED) is 0.804. The third-order valence-corrected chi connectivity index (χ3v) is 3.55. The molecule has 6 heteroatoms. The number of carbonyl (C=O) groups is 1. The molecule has 23 heavy (non-hydrogen) atoms. The number of benzene rings is 2. The van der Waals surface area contributed by atoms with Crippen LogP contribution in [0, 0.1) is 5.82 Å². The van der Waals surface area contributed by atoms with Crippen LogP contribution in [0.15, 0.2) is 53.3 Å². The maximum atomic E-state index is 12.9. The minimum Gasteiger partial charge on any atom is -0.345 e. The van der Waals surface area contributed by atoms with Crippen LogP contribution in [-0.4, -0.2) is 15.5 Å². The SMILES string of the molecule is Cn1c(C(=O)NCc2ccc(F)cc2)nc2ccccc2c1=O. The van der Waals surface area contributed by atoms with Gasteiger partial charge >= 0.3 is 0 Å². The van der Waals surface area contributed by atoms with E-state index in [1.54, 1.807) is 36.4 Å². The standard InChI is InChI=1S/C17H14FN3O2/c1-21-15(20-14-5-3-2-4-13(14)17(21)23)16(22)19-10-11-6-8-12(18)9-7-11/h2-9H,10H2,1H3,(H,19,22). The van der Waals surface area contributed by atoms with E-state index in [0.29, 0.717) is 10.9 Å². The summed E-state index contributed by atoms with van der Waals surface area (Å²) in [5.74, 6) is -0.755. The lowest BCUT2D eigenvalue weighted by molar-refractivity contribution is 0.0936. The molecular formula is C17H14FN3O2. The molecule has 2 aromatic carbocycles. The smallest absolute Gasteiger partial charge is 0.287 e. The van der Waals surface area contributed by atoms with E-state index in [4.69, 9.17) is 0 Å². The minimum absolute atomic E-state index is 0.0378. The van der Waals surface area contributed by atoms with Crippen LogP contribution in [-0.2, 0) is 13.6 Å². The molecule has 0 aliphatic carbocycles. The van der Waals surface area contributed by atoms with Crippen molar-refractivity contribution < 1.29 is 9.18 Å². The zero-order valence-corrected chi connectivity index (χ0v) is 12.4. The summed E-state index contributed by atoms with van der Waals surface area (Å²) < 4.78 is 14.1. The normalized spacial score (nSPS) is 10.7. The molecule has 0 saturated heterocycles. The molecule has 0 saturated carbocycles. The first-order valence-corrected chi connectivity index (χ1v) is 7.04. The van der Waals surface area contributed by atoms with Gasteiger partial charge in [0, 0.05) is 13.6 Å². The van der Waals surface area contributed by atoms with Gasteiger partial charge in [-0.2, -0.15) is 0 Å². The fourth-order valence-corrected chi connectivity index (χ4v) is 2.28. The number of amides is 1. The first kappa shape index (κ1) is 14.9. The molecule has 1 amide bonds. The average molecular weight is 311 g/mol. The van der Waals surface area contributed by atoms with E-state index in [-0.39, 0.29) is 23.7 Å². The highest BCUT2D eigenvalue weighted by Gasteiger charge is 2.14. The Balaban J connectivity index is 1.87. The zero-order valence-electron chi connectivity index (χ0n) is 12.4. The van der Waals surface area contributed by atoms with Crippen molar-refractivity contribution in [2.24, 2.45) is 7.05 Å². The van der Waals surface area contributed by atoms with Gasteiger partial charge in [0.2, 0.25) is 5.82 Å². The molecule has 0 radical (unpaired) electrons. The largest absolute Gasteiger partial charge is 0.345 e. The lowest BCUT2D eigenvalue weighted by Crippen LogP contribution is -2.32. The number of nitrogens with one attached hydrogen (secondary N) is 1. The van der Waals surface area contributed by atoms with Crippen molar-refractivity contribution in [1.29, 1.82) is 0 Å². The first-order valence-electron chi connectivity index (χ1n) is 7.04. The molecule has 0 bridgehead atoms. The number of nitrogens with zero attached hydrogens (tertiary/aromatic N) is 2. The molecule has 1 N–H and O–H groups in total. The van der Waals surface area contributed by atoms with Crippen LogP contribution in [0.4, 0.5) is 4.39 Å².